The summed E-state index contributed by atoms with van der Waals surface area (Å²) >= 11 is 2.72. The first-order valence-corrected chi connectivity index (χ1v) is 14.4. The summed E-state index contributed by atoms with van der Waals surface area (Å²) in [4.78, 5) is 25.1. The fourth-order valence-corrected chi connectivity index (χ4v) is 8.09. The number of ketones is 1. The van der Waals surface area contributed by atoms with Crippen molar-refractivity contribution in [3.63, 3.8) is 0 Å². The van der Waals surface area contributed by atoms with E-state index in [4.69, 9.17) is 4.74 Å². The quantitative estimate of drug-likeness (QED) is 0.415. The Kier molecular flexibility index (Phi) is 7.70. The minimum atomic E-state index is -3.76. The van der Waals surface area contributed by atoms with Crippen LogP contribution < -0.4 is 0 Å². The lowest BCUT2D eigenvalue weighted by Gasteiger charge is -2.25. The van der Waals surface area contributed by atoms with Crippen molar-refractivity contribution in [2.75, 3.05) is 31.2 Å². The monoisotopic (exact) mass is 493 g/mol. The number of hydrogen-bond acceptors (Lipinski definition) is 7. The van der Waals surface area contributed by atoms with Gasteiger partial charge in [-0.25, -0.2) is 13.2 Å². The molecule has 1 aromatic carbocycles. The van der Waals surface area contributed by atoms with Gasteiger partial charge < -0.3 is 4.74 Å². The van der Waals surface area contributed by atoms with Crippen molar-refractivity contribution in [2.45, 2.75) is 42.9 Å². The fourth-order valence-electron chi connectivity index (χ4n) is 4.23. The second-order valence-corrected chi connectivity index (χ2v) is 12.1. The van der Waals surface area contributed by atoms with Gasteiger partial charge in [0, 0.05) is 30.2 Å². The molecule has 1 aromatic heterocycles. The zero-order valence-corrected chi connectivity index (χ0v) is 20.3. The molecule has 0 radical (unpaired) electrons. The van der Waals surface area contributed by atoms with Gasteiger partial charge in [-0.05, 0) is 35.8 Å². The molecule has 32 heavy (non-hydrogen) atoms. The molecule has 1 aliphatic heterocycles. The lowest BCUT2D eigenvalue weighted by Crippen LogP contribution is -2.38. The van der Waals surface area contributed by atoms with Gasteiger partial charge in [0.1, 0.15) is 9.77 Å². The van der Waals surface area contributed by atoms with E-state index in [0.29, 0.717) is 24.6 Å². The lowest BCUT2D eigenvalue weighted by atomic mass is 9.84. The summed E-state index contributed by atoms with van der Waals surface area (Å²) < 4.78 is 32.5. The number of hydrogen-bond donors (Lipinski definition) is 0. The number of rotatable bonds is 7. The van der Waals surface area contributed by atoms with E-state index in [1.165, 1.54) is 48.0 Å². The molecule has 1 saturated heterocycles. The Morgan fingerprint density at radius 3 is 2.38 bits per heavy atom. The molecule has 0 bridgehead atoms. The van der Waals surface area contributed by atoms with E-state index in [1.54, 1.807) is 29.3 Å². The first kappa shape index (κ1) is 23.5. The molecule has 172 valence electrons. The van der Waals surface area contributed by atoms with Crippen LogP contribution in [0.15, 0.2) is 40.6 Å². The Morgan fingerprint density at radius 1 is 1.00 bits per heavy atom. The zero-order chi connectivity index (χ0) is 22.6. The molecule has 6 nitrogen and oxygen atoms in total. The number of thioether (sulfide) groups is 1. The van der Waals surface area contributed by atoms with Crippen LogP contribution in [-0.2, 0) is 14.8 Å². The average Bonchev–Trinajstić information content (AvgIpc) is 3.35. The summed E-state index contributed by atoms with van der Waals surface area (Å²) in [6, 6.07) is 8.99. The summed E-state index contributed by atoms with van der Waals surface area (Å²) in [6.45, 7) is 0.429. The van der Waals surface area contributed by atoms with Gasteiger partial charge in [-0.2, -0.15) is 16.1 Å². The van der Waals surface area contributed by atoms with E-state index >= 15 is 0 Å². The van der Waals surface area contributed by atoms with Crippen molar-refractivity contribution in [3.8, 4) is 0 Å². The van der Waals surface area contributed by atoms with Crippen molar-refractivity contribution < 1.29 is 22.7 Å². The molecule has 0 atom stereocenters. The molecule has 2 aromatic rings. The number of nitrogens with zero attached hydrogens (tertiary/aromatic N) is 1. The van der Waals surface area contributed by atoms with E-state index in [9.17, 15) is 18.0 Å². The molecular weight excluding hydrogens is 466 g/mol. The van der Waals surface area contributed by atoms with E-state index in [-0.39, 0.29) is 15.6 Å². The van der Waals surface area contributed by atoms with Gasteiger partial charge in [0.25, 0.3) is 0 Å². The SMILES string of the molecule is O=C(COC(=O)c1sccc1S(=O)(=O)N1CCSCC1)c1ccc(C2CCCCC2)cc1. The van der Waals surface area contributed by atoms with Crippen LogP contribution in [0.5, 0.6) is 0 Å². The average molecular weight is 494 g/mol. The summed E-state index contributed by atoms with van der Waals surface area (Å²) in [6.07, 6.45) is 6.17. The first-order valence-electron chi connectivity index (χ1n) is 10.9. The highest BCUT2D eigenvalue weighted by atomic mass is 32.2. The van der Waals surface area contributed by atoms with Crippen LogP contribution in [0.2, 0.25) is 0 Å². The highest BCUT2D eigenvalue weighted by Gasteiger charge is 2.32. The molecule has 0 unspecified atom stereocenters. The highest BCUT2D eigenvalue weighted by Crippen LogP contribution is 2.32. The normalized spacial score (nSPS) is 18.4. The number of sulfonamides is 1. The Labute approximate surface area is 197 Å². The van der Waals surface area contributed by atoms with Gasteiger partial charge in [0.2, 0.25) is 10.0 Å². The Bertz CT molecular complexity index is 1050. The molecular formula is C23H27NO5S3. The van der Waals surface area contributed by atoms with E-state index in [2.05, 4.69) is 0 Å². The summed E-state index contributed by atoms with van der Waals surface area (Å²) in [5.74, 6) is 0.942. The van der Waals surface area contributed by atoms with Crippen LogP contribution in [0.4, 0.5) is 0 Å². The van der Waals surface area contributed by atoms with Crippen LogP contribution in [-0.4, -0.2) is 55.7 Å². The maximum Gasteiger partial charge on any atom is 0.350 e. The van der Waals surface area contributed by atoms with Crippen molar-refractivity contribution in [3.05, 3.63) is 51.7 Å². The Hall–Kier alpha value is -1.68. The molecule has 2 aliphatic rings. The molecule has 2 heterocycles. The predicted molar refractivity (Wildman–Crippen MR) is 127 cm³/mol. The van der Waals surface area contributed by atoms with Gasteiger partial charge in [0.05, 0.1) is 0 Å². The number of ether oxygens (including phenoxy) is 1. The molecule has 0 amide bonds. The minimum Gasteiger partial charge on any atom is -0.453 e. The van der Waals surface area contributed by atoms with Crippen LogP contribution in [0.25, 0.3) is 0 Å². The molecule has 4 rings (SSSR count). The second-order valence-electron chi connectivity index (χ2n) is 8.09. The summed E-state index contributed by atoms with van der Waals surface area (Å²) in [5.41, 5.74) is 1.74. The van der Waals surface area contributed by atoms with Gasteiger partial charge in [-0.1, -0.05) is 43.5 Å². The summed E-state index contributed by atoms with van der Waals surface area (Å²) in [7, 11) is -3.76. The van der Waals surface area contributed by atoms with Crippen molar-refractivity contribution >= 4 is 44.9 Å². The number of benzene rings is 1. The van der Waals surface area contributed by atoms with Crippen molar-refractivity contribution in [2.24, 2.45) is 0 Å². The van der Waals surface area contributed by atoms with Crippen LogP contribution in [0, 0.1) is 0 Å². The number of esters is 1. The maximum atomic E-state index is 12.9. The largest absolute Gasteiger partial charge is 0.453 e. The van der Waals surface area contributed by atoms with Gasteiger partial charge in [0.15, 0.2) is 12.4 Å². The van der Waals surface area contributed by atoms with Crippen LogP contribution >= 0.6 is 23.1 Å². The second kappa shape index (κ2) is 10.5. The van der Waals surface area contributed by atoms with Gasteiger partial charge in [-0.3, -0.25) is 4.79 Å². The van der Waals surface area contributed by atoms with E-state index in [1.807, 2.05) is 12.1 Å². The minimum absolute atomic E-state index is 0.0173. The zero-order valence-electron chi connectivity index (χ0n) is 17.8. The summed E-state index contributed by atoms with van der Waals surface area (Å²) in [5, 5.41) is 1.56. The number of carbonyl (C=O) groups is 2. The topological polar surface area (TPSA) is 80.8 Å². The first-order chi connectivity index (χ1) is 15.5. The van der Waals surface area contributed by atoms with E-state index < -0.39 is 22.6 Å². The van der Waals surface area contributed by atoms with Crippen molar-refractivity contribution in [1.29, 1.82) is 0 Å². The third kappa shape index (κ3) is 5.27. The van der Waals surface area contributed by atoms with E-state index in [0.717, 1.165) is 22.8 Å². The van der Waals surface area contributed by atoms with Gasteiger partial charge in [-0.15, -0.1) is 11.3 Å². The third-order valence-electron chi connectivity index (χ3n) is 6.05. The lowest BCUT2D eigenvalue weighted by molar-refractivity contribution is 0.0476. The fraction of sp³-hybridized carbons (Fsp3) is 0.478. The van der Waals surface area contributed by atoms with Crippen LogP contribution in [0.3, 0.4) is 0 Å². The predicted octanol–water partition coefficient (Wildman–Crippen LogP) is 4.57. The number of carbonyl (C=O) groups excluding carboxylic acids is 2. The van der Waals surface area contributed by atoms with Gasteiger partial charge >= 0.3 is 5.97 Å². The molecule has 0 spiro atoms. The smallest absolute Gasteiger partial charge is 0.350 e. The standard InChI is InChI=1S/C23H27NO5S3/c25-20(19-8-6-18(7-9-19)17-4-2-1-3-5-17)16-29-23(26)22-21(10-13-31-22)32(27,28)24-11-14-30-15-12-24/h6-10,13,17H,1-5,11-12,14-16H2. The molecule has 1 aliphatic carbocycles. The Morgan fingerprint density at radius 2 is 1.69 bits per heavy atom. The molecule has 9 heteroatoms. The third-order valence-corrected chi connectivity index (χ3v) is 9.95. The molecule has 2 fully saturated rings. The molecule has 1 saturated carbocycles. The van der Waals surface area contributed by atoms with Crippen molar-refractivity contribution in [1.82, 2.24) is 4.31 Å². The number of Topliss-reactive ketones (excluding diaryl/α,β-unsaturated/α-hetero) is 1. The molecule has 0 N–H and O–H groups in total. The Balaban J connectivity index is 1.38. The number of thiophene rings is 1. The highest BCUT2D eigenvalue weighted by molar-refractivity contribution is 7.99. The maximum absolute atomic E-state index is 12.9. The van der Waals surface area contributed by atoms with Crippen LogP contribution in [0.1, 0.15) is 63.6 Å².